The van der Waals surface area contributed by atoms with Crippen molar-refractivity contribution in [2.75, 3.05) is 16.8 Å². The Bertz CT molecular complexity index is 589. The third-order valence-corrected chi connectivity index (χ3v) is 5.92. The molecule has 0 saturated heterocycles. The molecule has 1 N–H and O–H groups in total. The second-order valence-corrected chi connectivity index (χ2v) is 8.00. The monoisotopic (exact) mass is 359 g/mol. The number of hydrogen-bond donors (Lipinski definition) is 1. The minimum Gasteiger partial charge on any atom is -0.325 e. The first-order chi connectivity index (χ1) is 10.2. The van der Waals surface area contributed by atoms with Crippen LogP contribution < -0.4 is 5.32 Å². The fourth-order valence-corrected chi connectivity index (χ4v) is 4.23. The van der Waals surface area contributed by atoms with Crippen molar-refractivity contribution in [2.24, 2.45) is 0 Å². The number of hydrogen-bond acceptors (Lipinski definition) is 6. The topological polar surface area (TPSA) is 54.9 Å². The number of carbonyl (C=O) groups excluding carboxylic acids is 1. The Morgan fingerprint density at radius 2 is 1.90 bits per heavy atom. The highest BCUT2D eigenvalue weighted by molar-refractivity contribution is 8.03. The molecule has 0 spiro atoms. The van der Waals surface area contributed by atoms with E-state index in [4.69, 9.17) is 11.6 Å². The van der Waals surface area contributed by atoms with Crippen molar-refractivity contribution >= 4 is 58.1 Å². The molecule has 0 radical (unpaired) electrons. The summed E-state index contributed by atoms with van der Waals surface area (Å²) >= 11 is 10.4. The van der Waals surface area contributed by atoms with Crippen LogP contribution in [0, 0.1) is 0 Å². The summed E-state index contributed by atoms with van der Waals surface area (Å²) in [5.74, 6) is 1.28. The molecule has 2 rings (SSSR count). The van der Waals surface area contributed by atoms with Crippen LogP contribution >= 0.6 is 46.5 Å². The summed E-state index contributed by atoms with van der Waals surface area (Å²) in [6, 6.07) is 7.03. The Morgan fingerprint density at radius 1 is 1.24 bits per heavy atom. The molecule has 4 nitrogen and oxygen atoms in total. The molecule has 0 aliphatic carbocycles. The standard InChI is InChI=1S/C13H14ClN3OS3/c1-2-7-19-12-16-17-13(21-12)20-8-11(18)15-10-5-3-9(14)4-6-10/h3-6H,2,7-8H2,1H3,(H,15,18). The highest BCUT2D eigenvalue weighted by atomic mass is 35.5. The molecule has 112 valence electrons. The Hall–Kier alpha value is -0.760. The summed E-state index contributed by atoms with van der Waals surface area (Å²) in [5.41, 5.74) is 0.737. The van der Waals surface area contributed by atoms with Crippen molar-refractivity contribution in [3.8, 4) is 0 Å². The number of anilines is 1. The molecule has 2 aromatic rings. The summed E-state index contributed by atoms with van der Waals surface area (Å²) in [6.45, 7) is 2.13. The predicted molar refractivity (Wildman–Crippen MR) is 91.7 cm³/mol. The van der Waals surface area contributed by atoms with Crippen LogP contribution in [0.3, 0.4) is 0 Å². The highest BCUT2D eigenvalue weighted by Gasteiger charge is 2.08. The smallest absolute Gasteiger partial charge is 0.234 e. The molecule has 21 heavy (non-hydrogen) atoms. The molecule has 0 saturated carbocycles. The Labute approximate surface area is 141 Å². The average Bonchev–Trinajstić information content (AvgIpc) is 2.93. The van der Waals surface area contributed by atoms with Gasteiger partial charge in [0.25, 0.3) is 0 Å². The van der Waals surface area contributed by atoms with Crippen molar-refractivity contribution in [3.05, 3.63) is 29.3 Å². The van der Waals surface area contributed by atoms with E-state index in [-0.39, 0.29) is 5.91 Å². The number of thioether (sulfide) groups is 2. The number of nitrogens with one attached hydrogen (secondary N) is 1. The molecular weight excluding hydrogens is 346 g/mol. The van der Waals surface area contributed by atoms with Crippen LogP contribution in [-0.2, 0) is 4.79 Å². The molecule has 0 fully saturated rings. The second-order valence-electron chi connectivity index (χ2n) is 4.03. The number of aromatic nitrogens is 2. The zero-order chi connectivity index (χ0) is 15.1. The van der Waals surface area contributed by atoms with Gasteiger partial charge in [0.2, 0.25) is 5.91 Å². The normalized spacial score (nSPS) is 10.6. The fourth-order valence-electron chi connectivity index (χ4n) is 1.36. The second kappa shape index (κ2) is 8.63. The van der Waals surface area contributed by atoms with Gasteiger partial charge in [-0.05, 0) is 30.7 Å². The molecule has 1 amide bonds. The zero-order valence-corrected chi connectivity index (χ0v) is 14.5. The molecule has 1 aromatic carbocycles. The minimum atomic E-state index is -0.0692. The quantitative estimate of drug-likeness (QED) is 0.741. The fraction of sp³-hybridized carbons (Fsp3) is 0.308. The van der Waals surface area contributed by atoms with Crippen molar-refractivity contribution in [1.29, 1.82) is 0 Å². The van der Waals surface area contributed by atoms with Gasteiger partial charge in [0.1, 0.15) is 0 Å². The molecule has 0 atom stereocenters. The van der Waals surface area contributed by atoms with Gasteiger partial charge in [-0.1, -0.05) is 53.4 Å². The Balaban J connectivity index is 1.78. The first kappa shape index (κ1) is 16.6. The van der Waals surface area contributed by atoms with Crippen LogP contribution in [0.15, 0.2) is 32.9 Å². The van der Waals surface area contributed by atoms with Gasteiger partial charge in [0, 0.05) is 16.5 Å². The van der Waals surface area contributed by atoms with Gasteiger partial charge >= 0.3 is 0 Å². The van der Waals surface area contributed by atoms with Crippen molar-refractivity contribution in [3.63, 3.8) is 0 Å². The number of benzene rings is 1. The minimum absolute atomic E-state index is 0.0692. The van der Waals surface area contributed by atoms with E-state index in [1.807, 2.05) is 0 Å². The molecule has 0 aliphatic rings. The van der Waals surface area contributed by atoms with E-state index in [0.29, 0.717) is 10.8 Å². The Kier molecular flexibility index (Phi) is 6.82. The largest absolute Gasteiger partial charge is 0.325 e. The van der Waals surface area contributed by atoms with Gasteiger partial charge in [-0.25, -0.2) is 0 Å². The van der Waals surface area contributed by atoms with Crippen LogP contribution in [0.2, 0.25) is 5.02 Å². The lowest BCUT2D eigenvalue weighted by Gasteiger charge is -2.03. The number of rotatable bonds is 7. The van der Waals surface area contributed by atoms with Crippen molar-refractivity contribution in [1.82, 2.24) is 10.2 Å². The summed E-state index contributed by atoms with van der Waals surface area (Å²) < 4.78 is 1.78. The molecule has 0 bridgehead atoms. The van der Waals surface area contributed by atoms with Crippen LogP contribution in [0.25, 0.3) is 0 Å². The van der Waals surface area contributed by atoms with Crippen molar-refractivity contribution in [2.45, 2.75) is 22.0 Å². The van der Waals surface area contributed by atoms with E-state index in [1.54, 1.807) is 36.0 Å². The van der Waals surface area contributed by atoms with Gasteiger partial charge in [-0.15, -0.1) is 10.2 Å². The van der Waals surface area contributed by atoms with Crippen LogP contribution in [0.1, 0.15) is 13.3 Å². The van der Waals surface area contributed by atoms with E-state index >= 15 is 0 Å². The van der Waals surface area contributed by atoms with E-state index < -0.39 is 0 Å². The summed E-state index contributed by atoms with van der Waals surface area (Å²) in [7, 11) is 0. The maximum absolute atomic E-state index is 11.8. The lowest BCUT2D eigenvalue weighted by molar-refractivity contribution is -0.113. The maximum Gasteiger partial charge on any atom is 0.234 e. The van der Waals surface area contributed by atoms with Gasteiger partial charge in [0.05, 0.1) is 5.75 Å². The van der Waals surface area contributed by atoms with Gasteiger partial charge in [0.15, 0.2) is 8.68 Å². The average molecular weight is 360 g/mol. The van der Waals surface area contributed by atoms with Crippen molar-refractivity contribution < 1.29 is 4.79 Å². The SMILES string of the molecule is CCCSc1nnc(SCC(=O)Nc2ccc(Cl)cc2)s1. The first-order valence-corrected chi connectivity index (χ1v) is 9.48. The van der Waals surface area contributed by atoms with E-state index in [9.17, 15) is 4.79 Å². The third-order valence-electron chi connectivity index (χ3n) is 2.27. The third kappa shape index (κ3) is 5.86. The maximum atomic E-state index is 11.8. The van der Waals surface area contributed by atoms with Crippen LogP contribution in [-0.4, -0.2) is 27.6 Å². The zero-order valence-electron chi connectivity index (χ0n) is 11.3. The molecule has 1 heterocycles. The van der Waals surface area contributed by atoms with Crippen LogP contribution in [0.5, 0.6) is 0 Å². The highest BCUT2D eigenvalue weighted by Crippen LogP contribution is 2.29. The number of amides is 1. The predicted octanol–water partition coefficient (Wildman–Crippen LogP) is 4.42. The Morgan fingerprint density at radius 3 is 2.57 bits per heavy atom. The summed E-state index contributed by atoms with van der Waals surface area (Å²) in [4.78, 5) is 11.8. The molecule has 0 aliphatic heterocycles. The molecule has 0 unspecified atom stereocenters. The lowest BCUT2D eigenvalue weighted by Crippen LogP contribution is -2.13. The summed E-state index contributed by atoms with van der Waals surface area (Å²) in [5, 5.41) is 11.6. The van der Waals surface area contributed by atoms with E-state index in [2.05, 4.69) is 22.4 Å². The van der Waals surface area contributed by atoms with Gasteiger partial charge in [-0.3, -0.25) is 4.79 Å². The lowest BCUT2D eigenvalue weighted by atomic mass is 10.3. The first-order valence-electron chi connectivity index (χ1n) is 6.32. The number of halogens is 1. The molecular formula is C13H14ClN3OS3. The van der Waals surface area contributed by atoms with Crippen LogP contribution in [0.4, 0.5) is 5.69 Å². The van der Waals surface area contributed by atoms with Gasteiger partial charge in [-0.2, -0.15) is 0 Å². The molecule has 8 heteroatoms. The molecule has 1 aromatic heterocycles. The summed E-state index contributed by atoms with van der Waals surface area (Å²) in [6.07, 6.45) is 1.11. The van der Waals surface area contributed by atoms with E-state index in [1.165, 1.54) is 23.1 Å². The number of carbonyl (C=O) groups is 1. The van der Waals surface area contributed by atoms with E-state index in [0.717, 1.165) is 26.5 Å². The van der Waals surface area contributed by atoms with Gasteiger partial charge < -0.3 is 5.32 Å². The number of nitrogens with zero attached hydrogens (tertiary/aromatic N) is 2.